The van der Waals surface area contributed by atoms with Crippen LogP contribution in [0, 0.1) is 20.2 Å². The molecule has 0 saturated heterocycles. The average Bonchev–Trinajstić information content (AvgIpc) is 2.33. The lowest BCUT2D eigenvalue weighted by Gasteiger charge is -2.05. The first kappa shape index (κ1) is 14.2. The molecule has 0 saturated carbocycles. The second-order valence-corrected chi connectivity index (χ2v) is 3.15. The second-order valence-electron chi connectivity index (χ2n) is 3.15. The lowest BCUT2D eigenvalue weighted by molar-refractivity contribution is -0.757. The number of nitrogens with zero attached hydrogens (tertiary/aromatic N) is 2. The molecule has 0 radical (unpaired) electrons. The van der Waals surface area contributed by atoms with E-state index in [0.717, 1.165) is 18.2 Å². The molecule has 1 aromatic carbocycles. The van der Waals surface area contributed by atoms with E-state index in [4.69, 9.17) is 5.11 Å². The van der Waals surface area contributed by atoms with Crippen molar-refractivity contribution in [2.75, 3.05) is 13.2 Å². The molecular formula is C9H8N2O8. The van der Waals surface area contributed by atoms with Crippen molar-refractivity contribution in [2.45, 2.75) is 0 Å². The smallest absolute Gasteiger partial charge is 0.345 e. The number of carbonyl (C=O) groups is 1. The highest BCUT2D eigenvalue weighted by Gasteiger charge is 2.22. The summed E-state index contributed by atoms with van der Waals surface area (Å²) >= 11 is 0. The molecule has 19 heavy (non-hydrogen) atoms. The molecule has 0 spiro atoms. The lowest BCUT2D eigenvalue weighted by atomic mass is 10.1. The number of ether oxygens (including phenoxy) is 1. The summed E-state index contributed by atoms with van der Waals surface area (Å²) in [6.45, 7) is -0.946. The summed E-state index contributed by atoms with van der Waals surface area (Å²) in [6, 6.07) is 2.86. The van der Waals surface area contributed by atoms with Crippen molar-refractivity contribution < 1.29 is 29.5 Å². The number of phenolic OH excluding ortho intramolecular Hbond substituents is 1. The molecule has 0 fully saturated rings. The second kappa shape index (κ2) is 6.14. The summed E-state index contributed by atoms with van der Waals surface area (Å²) in [5, 5.41) is 28.6. The van der Waals surface area contributed by atoms with E-state index < -0.39 is 40.4 Å². The molecule has 0 atom stereocenters. The van der Waals surface area contributed by atoms with Gasteiger partial charge in [-0.05, 0) is 6.07 Å². The Kier molecular flexibility index (Phi) is 4.57. The molecule has 1 rings (SSSR count). The van der Waals surface area contributed by atoms with Gasteiger partial charge < -0.3 is 14.7 Å². The number of esters is 1. The molecular weight excluding hydrogens is 264 g/mol. The van der Waals surface area contributed by atoms with Gasteiger partial charge in [-0.25, -0.2) is 4.79 Å². The van der Waals surface area contributed by atoms with E-state index in [1.54, 1.807) is 0 Å². The first-order valence-corrected chi connectivity index (χ1v) is 4.83. The Morgan fingerprint density at radius 2 is 1.95 bits per heavy atom. The Labute approximate surface area is 105 Å². The number of rotatable bonds is 6. The van der Waals surface area contributed by atoms with Gasteiger partial charge in [0.1, 0.15) is 24.5 Å². The molecule has 0 aliphatic heterocycles. The Morgan fingerprint density at radius 1 is 1.26 bits per heavy atom. The van der Waals surface area contributed by atoms with Crippen LogP contribution in [0.4, 0.5) is 5.69 Å². The van der Waals surface area contributed by atoms with Crippen LogP contribution in [0.3, 0.4) is 0 Å². The number of carbonyl (C=O) groups excluding carboxylic acids is 1. The van der Waals surface area contributed by atoms with Crippen molar-refractivity contribution in [3.8, 4) is 5.75 Å². The molecule has 0 unspecified atom stereocenters. The fourth-order valence-corrected chi connectivity index (χ4v) is 1.17. The van der Waals surface area contributed by atoms with Crippen LogP contribution in [0.15, 0.2) is 18.2 Å². The molecule has 1 aromatic rings. The first-order chi connectivity index (χ1) is 8.91. The van der Waals surface area contributed by atoms with E-state index in [0.29, 0.717) is 0 Å². The van der Waals surface area contributed by atoms with Crippen molar-refractivity contribution in [3.05, 3.63) is 44.0 Å². The van der Waals surface area contributed by atoms with Gasteiger partial charge in [0.05, 0.1) is 4.92 Å². The van der Waals surface area contributed by atoms with E-state index in [2.05, 4.69) is 9.57 Å². The lowest BCUT2D eigenvalue weighted by Crippen LogP contribution is -2.14. The summed E-state index contributed by atoms with van der Waals surface area (Å²) in [4.78, 5) is 35.1. The fraction of sp³-hybridized carbons (Fsp3) is 0.222. The van der Waals surface area contributed by atoms with E-state index in [1.165, 1.54) is 0 Å². The molecule has 0 bridgehead atoms. The van der Waals surface area contributed by atoms with Gasteiger partial charge in [-0.2, -0.15) is 0 Å². The van der Waals surface area contributed by atoms with Crippen LogP contribution in [-0.2, 0) is 9.57 Å². The van der Waals surface area contributed by atoms with Gasteiger partial charge in [-0.3, -0.25) is 10.1 Å². The van der Waals surface area contributed by atoms with Gasteiger partial charge in [0, 0.05) is 12.1 Å². The Morgan fingerprint density at radius 3 is 2.53 bits per heavy atom. The van der Waals surface area contributed by atoms with Crippen molar-refractivity contribution >= 4 is 11.7 Å². The fourth-order valence-electron chi connectivity index (χ4n) is 1.17. The number of hydrogen-bond donors (Lipinski definition) is 1. The van der Waals surface area contributed by atoms with Gasteiger partial charge in [-0.15, -0.1) is 10.1 Å². The van der Waals surface area contributed by atoms with Gasteiger partial charge >= 0.3 is 5.97 Å². The van der Waals surface area contributed by atoms with Crippen LogP contribution in [-0.4, -0.2) is 34.3 Å². The predicted molar refractivity (Wildman–Crippen MR) is 58.0 cm³/mol. The summed E-state index contributed by atoms with van der Waals surface area (Å²) in [6.07, 6.45) is 0. The predicted octanol–water partition coefficient (Wildman–Crippen LogP) is 0.665. The number of nitro groups is 1. The average molecular weight is 272 g/mol. The molecule has 10 heteroatoms. The topological polar surface area (TPSA) is 142 Å². The molecule has 10 nitrogen and oxygen atoms in total. The van der Waals surface area contributed by atoms with E-state index >= 15 is 0 Å². The highest BCUT2D eigenvalue weighted by molar-refractivity contribution is 5.94. The Hall–Kier alpha value is -2.91. The van der Waals surface area contributed by atoms with Crippen LogP contribution in [0.1, 0.15) is 10.4 Å². The third-order valence-corrected chi connectivity index (χ3v) is 1.91. The molecule has 102 valence electrons. The number of benzene rings is 1. The molecule has 0 aromatic heterocycles. The van der Waals surface area contributed by atoms with E-state index in [1.807, 2.05) is 0 Å². The van der Waals surface area contributed by atoms with Crippen molar-refractivity contribution in [1.29, 1.82) is 0 Å². The maximum absolute atomic E-state index is 11.5. The zero-order chi connectivity index (χ0) is 14.4. The minimum absolute atomic E-state index is 0.348. The van der Waals surface area contributed by atoms with Crippen LogP contribution in [0.25, 0.3) is 0 Å². The van der Waals surface area contributed by atoms with E-state index in [9.17, 15) is 25.0 Å². The summed E-state index contributed by atoms with van der Waals surface area (Å²) in [5.41, 5.74) is -0.996. The zero-order valence-electron chi connectivity index (χ0n) is 9.35. The number of hydrogen-bond acceptors (Lipinski definition) is 8. The maximum atomic E-state index is 11.5. The minimum Gasteiger partial charge on any atom is -0.508 e. The molecule has 0 amide bonds. The standard InChI is InChI=1S/C9H8N2O8/c12-6-1-2-8(10(14)15)7(5-6)9(13)18-3-4-19-11(16)17/h1-2,5,12H,3-4H2. The van der Waals surface area contributed by atoms with Crippen LogP contribution in [0.2, 0.25) is 0 Å². The summed E-state index contributed by atoms with van der Waals surface area (Å²) < 4.78 is 4.54. The largest absolute Gasteiger partial charge is 0.508 e. The number of aromatic hydroxyl groups is 1. The molecule has 0 heterocycles. The van der Waals surface area contributed by atoms with Crippen molar-refractivity contribution in [1.82, 2.24) is 0 Å². The highest BCUT2D eigenvalue weighted by Crippen LogP contribution is 2.23. The van der Waals surface area contributed by atoms with Crippen LogP contribution >= 0.6 is 0 Å². The minimum atomic E-state index is -1.09. The summed E-state index contributed by atoms with van der Waals surface area (Å²) in [5.74, 6) is -1.44. The first-order valence-electron chi connectivity index (χ1n) is 4.83. The third-order valence-electron chi connectivity index (χ3n) is 1.91. The quantitative estimate of drug-likeness (QED) is 0.344. The van der Waals surface area contributed by atoms with Gasteiger partial charge in [-0.1, -0.05) is 0 Å². The van der Waals surface area contributed by atoms with E-state index in [-0.39, 0.29) is 5.75 Å². The monoisotopic (exact) mass is 272 g/mol. The summed E-state index contributed by atoms with van der Waals surface area (Å²) in [7, 11) is 0. The van der Waals surface area contributed by atoms with Crippen molar-refractivity contribution in [2.24, 2.45) is 0 Å². The van der Waals surface area contributed by atoms with Gasteiger partial charge in [0.25, 0.3) is 10.8 Å². The third kappa shape index (κ3) is 4.11. The normalized spacial score (nSPS) is 9.68. The Balaban J connectivity index is 2.73. The molecule has 1 N–H and O–H groups in total. The van der Waals surface area contributed by atoms with Gasteiger partial charge in [0.15, 0.2) is 0 Å². The number of nitro benzene ring substituents is 1. The molecule has 0 aliphatic rings. The van der Waals surface area contributed by atoms with Crippen molar-refractivity contribution in [3.63, 3.8) is 0 Å². The SMILES string of the molecule is O=C(OCCO[N+](=O)[O-])c1cc(O)ccc1[N+](=O)[O-]. The highest BCUT2D eigenvalue weighted by atomic mass is 17.0. The van der Waals surface area contributed by atoms with Crippen LogP contribution in [0.5, 0.6) is 5.75 Å². The number of phenols is 1. The maximum Gasteiger partial charge on any atom is 0.345 e. The Bertz CT molecular complexity index is 515. The van der Waals surface area contributed by atoms with Crippen LogP contribution < -0.4 is 0 Å². The zero-order valence-corrected chi connectivity index (χ0v) is 9.35. The van der Waals surface area contributed by atoms with Gasteiger partial charge in [0.2, 0.25) is 0 Å². The molecule has 0 aliphatic carbocycles.